The summed E-state index contributed by atoms with van der Waals surface area (Å²) in [5.41, 5.74) is 0. The van der Waals surface area contributed by atoms with Crippen molar-refractivity contribution in [2.45, 2.75) is 58.0 Å². The second kappa shape index (κ2) is 12.2. The Morgan fingerprint density at radius 2 is 1.94 bits per heavy atom. The molecule has 3 heteroatoms. The van der Waals surface area contributed by atoms with Gasteiger partial charge in [0.25, 0.3) is 0 Å². The number of esters is 1. The molecule has 0 aliphatic heterocycles. The number of methoxy groups -OCH3 is 1. The van der Waals surface area contributed by atoms with Crippen LogP contribution in [0.2, 0.25) is 0 Å². The number of allylic oxidation sites excluding steroid dienone is 1. The summed E-state index contributed by atoms with van der Waals surface area (Å²) in [6.07, 6.45) is 9.94. The Hall–Kier alpha value is -1.27. The maximum atomic E-state index is 10.7. The van der Waals surface area contributed by atoms with Gasteiger partial charge in [0.15, 0.2) is 0 Å². The number of hydrogen-bond acceptors (Lipinski definition) is 3. The van der Waals surface area contributed by atoms with Crippen LogP contribution in [0.3, 0.4) is 0 Å². The van der Waals surface area contributed by atoms with Crippen LogP contribution in [0, 0.1) is 11.8 Å². The molecule has 0 radical (unpaired) electrons. The minimum absolute atomic E-state index is 0.435. The third-order valence-corrected chi connectivity index (χ3v) is 2.58. The molecule has 0 aromatic rings. The fourth-order valence-corrected chi connectivity index (χ4v) is 1.51. The van der Waals surface area contributed by atoms with Crippen molar-refractivity contribution in [2.24, 2.45) is 0 Å². The van der Waals surface area contributed by atoms with E-state index in [1.165, 1.54) is 44.9 Å². The highest BCUT2D eigenvalue weighted by Gasteiger charge is 1.98. The lowest BCUT2D eigenvalue weighted by atomic mass is 10.1. The Labute approximate surface area is 110 Å². The number of hydrogen-bond donors (Lipinski definition) is 1. The van der Waals surface area contributed by atoms with Crippen molar-refractivity contribution in [2.75, 3.05) is 7.11 Å². The lowest BCUT2D eigenvalue weighted by Crippen LogP contribution is -2.02. The van der Waals surface area contributed by atoms with Gasteiger partial charge in [-0.3, -0.25) is 0 Å². The molecule has 0 spiro atoms. The molecule has 0 fully saturated rings. The summed E-state index contributed by atoms with van der Waals surface area (Å²) in [6, 6.07) is 0. The van der Waals surface area contributed by atoms with E-state index in [2.05, 4.69) is 23.5 Å². The summed E-state index contributed by atoms with van der Waals surface area (Å²) >= 11 is 0. The highest BCUT2D eigenvalue weighted by molar-refractivity contribution is 5.82. The van der Waals surface area contributed by atoms with E-state index in [1.54, 1.807) is 0 Å². The first-order chi connectivity index (χ1) is 8.70. The first-order valence-electron chi connectivity index (χ1n) is 6.64. The van der Waals surface area contributed by atoms with Gasteiger partial charge in [0.05, 0.1) is 7.11 Å². The van der Waals surface area contributed by atoms with E-state index in [9.17, 15) is 9.90 Å². The Morgan fingerprint density at radius 3 is 2.61 bits per heavy atom. The lowest BCUT2D eigenvalue weighted by Gasteiger charge is -2.02. The summed E-state index contributed by atoms with van der Waals surface area (Å²) in [6.45, 7) is 2.20. The maximum absolute atomic E-state index is 10.7. The molecule has 0 aliphatic rings. The number of aliphatic hydroxyl groups is 1. The first kappa shape index (κ1) is 16.7. The van der Waals surface area contributed by atoms with Gasteiger partial charge in [-0.1, -0.05) is 50.9 Å². The number of rotatable bonds is 8. The molecular formula is C15H24O3. The minimum atomic E-state index is -0.599. The molecule has 0 aliphatic carbocycles. The van der Waals surface area contributed by atoms with E-state index < -0.39 is 12.1 Å². The summed E-state index contributed by atoms with van der Waals surface area (Å²) in [4.78, 5) is 10.7. The highest BCUT2D eigenvalue weighted by Crippen LogP contribution is 2.08. The van der Waals surface area contributed by atoms with Crippen molar-refractivity contribution in [3.8, 4) is 11.8 Å². The van der Waals surface area contributed by atoms with Crippen LogP contribution < -0.4 is 0 Å². The summed E-state index contributed by atoms with van der Waals surface area (Å²) in [7, 11) is 1.31. The van der Waals surface area contributed by atoms with Gasteiger partial charge >= 0.3 is 5.97 Å². The van der Waals surface area contributed by atoms with Gasteiger partial charge in [-0.15, -0.1) is 0 Å². The fourth-order valence-electron chi connectivity index (χ4n) is 1.51. The average molecular weight is 252 g/mol. The predicted molar refractivity (Wildman–Crippen MR) is 72.9 cm³/mol. The van der Waals surface area contributed by atoms with Crippen LogP contribution in [0.5, 0.6) is 0 Å². The molecule has 0 saturated carbocycles. The van der Waals surface area contributed by atoms with Crippen molar-refractivity contribution in [1.29, 1.82) is 0 Å². The van der Waals surface area contributed by atoms with Crippen molar-refractivity contribution < 1.29 is 14.6 Å². The summed E-state index contributed by atoms with van der Waals surface area (Å²) in [5, 5.41) is 9.55. The average Bonchev–Trinajstić information content (AvgIpc) is 2.38. The number of aliphatic hydroxyl groups excluding tert-OH is 1. The monoisotopic (exact) mass is 252 g/mol. The smallest absolute Gasteiger partial charge is 0.331 e. The van der Waals surface area contributed by atoms with E-state index in [-0.39, 0.29) is 0 Å². The van der Waals surface area contributed by atoms with E-state index in [4.69, 9.17) is 0 Å². The zero-order chi connectivity index (χ0) is 13.6. The third kappa shape index (κ3) is 11.2. The number of carbonyl (C=O) groups excluding carboxylic acids is 1. The Morgan fingerprint density at radius 1 is 1.28 bits per heavy atom. The molecule has 3 nitrogen and oxygen atoms in total. The molecule has 0 aromatic carbocycles. The van der Waals surface area contributed by atoms with Crippen molar-refractivity contribution in [3.63, 3.8) is 0 Å². The van der Waals surface area contributed by atoms with E-state index >= 15 is 0 Å². The van der Waals surface area contributed by atoms with Crippen LogP contribution in [0.4, 0.5) is 0 Å². The molecule has 1 atom stereocenters. The third-order valence-electron chi connectivity index (χ3n) is 2.58. The van der Waals surface area contributed by atoms with Gasteiger partial charge in [0.2, 0.25) is 0 Å². The normalized spacial score (nSPS) is 11.9. The standard InChI is InChI=1S/C15H24O3/c1-3-4-5-6-7-8-11-14(16)12-9-10-13-15(17)18-2/h10,13-14,16H,3-8,11H2,1-2H3. The van der Waals surface area contributed by atoms with E-state index in [1.807, 2.05) is 0 Å². The second-order valence-electron chi connectivity index (χ2n) is 4.22. The molecule has 1 N–H and O–H groups in total. The van der Waals surface area contributed by atoms with Crippen LogP contribution in [-0.2, 0) is 9.53 Å². The van der Waals surface area contributed by atoms with Gasteiger partial charge < -0.3 is 9.84 Å². The fraction of sp³-hybridized carbons (Fsp3) is 0.667. The van der Waals surface area contributed by atoms with E-state index in [0.29, 0.717) is 6.42 Å². The molecule has 0 amide bonds. The minimum Gasteiger partial charge on any atom is -0.466 e. The molecule has 0 rings (SSSR count). The van der Waals surface area contributed by atoms with Gasteiger partial charge in [0, 0.05) is 6.08 Å². The summed E-state index contributed by atoms with van der Waals surface area (Å²) < 4.78 is 4.41. The highest BCUT2D eigenvalue weighted by atomic mass is 16.5. The van der Waals surface area contributed by atoms with Gasteiger partial charge in [-0.05, 0) is 18.9 Å². The van der Waals surface area contributed by atoms with Crippen molar-refractivity contribution >= 4 is 5.97 Å². The van der Waals surface area contributed by atoms with Crippen LogP contribution in [0.1, 0.15) is 51.9 Å². The molecule has 18 heavy (non-hydrogen) atoms. The van der Waals surface area contributed by atoms with Crippen LogP contribution in [-0.4, -0.2) is 24.3 Å². The largest absolute Gasteiger partial charge is 0.466 e. The van der Waals surface area contributed by atoms with Gasteiger partial charge in [-0.25, -0.2) is 4.79 Å². The Bertz CT molecular complexity index is 297. The molecule has 1 unspecified atom stereocenters. The molecule has 0 aromatic heterocycles. The van der Waals surface area contributed by atoms with Crippen molar-refractivity contribution in [3.05, 3.63) is 12.2 Å². The number of carbonyl (C=O) groups is 1. The molecule has 0 saturated heterocycles. The maximum Gasteiger partial charge on any atom is 0.331 e. The Balaban J connectivity index is 3.59. The lowest BCUT2D eigenvalue weighted by molar-refractivity contribution is -0.134. The van der Waals surface area contributed by atoms with Crippen LogP contribution in [0.25, 0.3) is 0 Å². The molecule has 0 bridgehead atoms. The number of unbranched alkanes of at least 4 members (excludes halogenated alkanes) is 5. The number of ether oxygens (including phenoxy) is 1. The van der Waals surface area contributed by atoms with Gasteiger partial charge in [0.1, 0.15) is 6.10 Å². The SMILES string of the molecule is CCCCCCCCC(O)C#CC=CC(=O)OC. The quantitative estimate of drug-likeness (QED) is 0.313. The molecular weight excluding hydrogens is 228 g/mol. The first-order valence-corrected chi connectivity index (χ1v) is 6.64. The predicted octanol–water partition coefficient (Wildman–Crippen LogP) is 2.83. The summed E-state index contributed by atoms with van der Waals surface area (Å²) in [5.74, 6) is 4.87. The van der Waals surface area contributed by atoms with E-state index in [0.717, 1.165) is 12.8 Å². The molecule has 0 heterocycles. The zero-order valence-electron chi connectivity index (χ0n) is 11.4. The van der Waals surface area contributed by atoms with Crippen molar-refractivity contribution in [1.82, 2.24) is 0 Å². The van der Waals surface area contributed by atoms with Gasteiger partial charge in [-0.2, -0.15) is 0 Å². The molecule has 102 valence electrons. The Kier molecular flexibility index (Phi) is 11.3. The second-order valence-corrected chi connectivity index (χ2v) is 4.22. The topological polar surface area (TPSA) is 46.5 Å². The zero-order valence-corrected chi connectivity index (χ0v) is 11.4. The van der Waals surface area contributed by atoms with Crippen LogP contribution >= 0.6 is 0 Å². The van der Waals surface area contributed by atoms with Crippen LogP contribution in [0.15, 0.2) is 12.2 Å².